The molecule has 0 bridgehead atoms. The lowest BCUT2D eigenvalue weighted by Crippen LogP contribution is -2.35. The van der Waals surface area contributed by atoms with Gasteiger partial charge in [0.2, 0.25) is 25.9 Å². The van der Waals surface area contributed by atoms with E-state index in [-0.39, 0.29) is 22.1 Å². The van der Waals surface area contributed by atoms with Crippen LogP contribution in [0.2, 0.25) is 0 Å². The highest BCUT2D eigenvalue weighted by Gasteiger charge is 2.32. The number of sulfonamides is 2. The fraction of sp³-hybridized carbons (Fsp3) is 0.211. The molecule has 0 amide bonds. The van der Waals surface area contributed by atoms with Gasteiger partial charge in [-0.2, -0.15) is 5.21 Å². The zero-order chi connectivity index (χ0) is 29.0. The first-order chi connectivity index (χ1) is 18.3. The SMILES string of the molecule is Nc1nc2c(-c3ccc(S(=O)(=O)NCCC(N)C(F)F)c(S(N)(=O)=O)c3-c3nn[nH]n3)cccc2s1.O=C[O-]. The third-order valence-corrected chi connectivity index (χ3v) is 8.56. The van der Waals surface area contributed by atoms with Crippen molar-refractivity contribution in [3.8, 4) is 22.5 Å². The van der Waals surface area contributed by atoms with Gasteiger partial charge in [0.05, 0.1) is 21.8 Å². The van der Waals surface area contributed by atoms with Gasteiger partial charge >= 0.3 is 0 Å². The van der Waals surface area contributed by atoms with Gasteiger partial charge in [0.15, 0.2) is 5.13 Å². The second kappa shape index (κ2) is 12.0. The summed E-state index contributed by atoms with van der Waals surface area (Å²) in [6.07, 6.45) is -3.26. The molecule has 2 heterocycles. The molecular formula is C19H20F2N9O6S3-. The van der Waals surface area contributed by atoms with E-state index in [2.05, 4.69) is 30.3 Å². The number of alkyl halides is 2. The highest BCUT2D eigenvalue weighted by molar-refractivity contribution is 7.92. The maximum absolute atomic E-state index is 13.1. The molecule has 210 valence electrons. The number of benzene rings is 2. The van der Waals surface area contributed by atoms with Gasteiger partial charge in [-0.05, 0) is 29.3 Å². The molecule has 8 N–H and O–H groups in total. The summed E-state index contributed by atoms with van der Waals surface area (Å²) >= 11 is 1.20. The summed E-state index contributed by atoms with van der Waals surface area (Å²) in [5, 5.41) is 27.3. The molecule has 2 aromatic heterocycles. The number of anilines is 1. The Morgan fingerprint density at radius 2 is 1.85 bits per heavy atom. The third kappa shape index (κ3) is 6.66. The van der Waals surface area contributed by atoms with E-state index in [0.717, 1.165) is 6.07 Å². The van der Waals surface area contributed by atoms with Gasteiger partial charge in [-0.15, -0.1) is 10.2 Å². The van der Waals surface area contributed by atoms with Crippen LogP contribution in [-0.2, 0) is 24.8 Å². The van der Waals surface area contributed by atoms with E-state index in [1.54, 1.807) is 18.2 Å². The van der Waals surface area contributed by atoms with Crippen LogP contribution in [0.25, 0.3) is 32.7 Å². The number of halogens is 2. The summed E-state index contributed by atoms with van der Waals surface area (Å²) in [4.78, 5) is 11.0. The standard InChI is InChI=1S/C18H19F2N9O4S3.CH2O2/c19-16(20)10(21)6-7-24-36(32,33)12-5-4-8(9-2-1-3-11-14(9)25-18(22)34-11)13(15(12)35(23,30)31)17-26-28-29-27-17;2-1-3/h1-5,10,16,24H,6-7,21H2,(H2,22,25)(H2,23,30,31)(H,26,27,28,29);1H,(H,2,3)/p-1. The number of fused-ring (bicyclic) bond motifs is 1. The number of aromatic nitrogens is 5. The summed E-state index contributed by atoms with van der Waals surface area (Å²) in [5.41, 5.74) is 11.9. The van der Waals surface area contributed by atoms with E-state index in [1.807, 2.05) is 0 Å². The predicted octanol–water partition coefficient (Wildman–Crippen LogP) is -1.00. The van der Waals surface area contributed by atoms with Crippen LogP contribution in [0.1, 0.15) is 6.42 Å². The van der Waals surface area contributed by atoms with Crippen LogP contribution in [0.4, 0.5) is 13.9 Å². The Kier molecular flexibility index (Phi) is 9.19. The lowest BCUT2D eigenvalue weighted by atomic mass is 9.98. The van der Waals surface area contributed by atoms with Crippen molar-refractivity contribution in [1.82, 2.24) is 30.3 Å². The van der Waals surface area contributed by atoms with Crippen LogP contribution in [0.3, 0.4) is 0 Å². The van der Waals surface area contributed by atoms with Crippen molar-refractivity contribution in [2.24, 2.45) is 10.9 Å². The minimum atomic E-state index is -4.73. The molecule has 2 aromatic carbocycles. The van der Waals surface area contributed by atoms with Crippen molar-refractivity contribution in [2.75, 3.05) is 12.3 Å². The van der Waals surface area contributed by atoms with Crippen LogP contribution in [-0.4, -0.2) is 67.9 Å². The molecule has 0 saturated heterocycles. The number of carbonyl (C=O) groups excluding carboxylic acids is 1. The van der Waals surface area contributed by atoms with Crippen molar-refractivity contribution in [1.29, 1.82) is 0 Å². The Bertz CT molecular complexity index is 1680. The van der Waals surface area contributed by atoms with E-state index >= 15 is 0 Å². The molecule has 0 aliphatic carbocycles. The molecule has 0 radical (unpaired) electrons. The summed E-state index contributed by atoms with van der Waals surface area (Å²) in [6, 6.07) is 5.87. The molecular weight excluding hydrogens is 584 g/mol. The molecule has 15 nitrogen and oxygen atoms in total. The van der Waals surface area contributed by atoms with E-state index in [1.165, 1.54) is 17.4 Å². The first kappa shape index (κ1) is 29.9. The van der Waals surface area contributed by atoms with Crippen molar-refractivity contribution in [3.63, 3.8) is 0 Å². The summed E-state index contributed by atoms with van der Waals surface area (Å²) in [6.45, 7) is -0.978. The van der Waals surface area contributed by atoms with Gasteiger partial charge in [-0.1, -0.05) is 29.5 Å². The predicted molar refractivity (Wildman–Crippen MR) is 134 cm³/mol. The first-order valence-corrected chi connectivity index (χ1v) is 14.3. The topological polar surface area (TPSA) is 266 Å². The number of thiazole rings is 1. The van der Waals surface area contributed by atoms with Gasteiger partial charge < -0.3 is 21.4 Å². The number of nitrogen functional groups attached to an aromatic ring is 1. The smallest absolute Gasteiger partial charge is 0.253 e. The van der Waals surface area contributed by atoms with Crippen molar-refractivity contribution in [3.05, 3.63) is 30.3 Å². The molecule has 4 rings (SSSR count). The number of aromatic amines is 1. The summed E-state index contributed by atoms with van der Waals surface area (Å²) in [7, 11) is -9.31. The number of tetrazole rings is 1. The van der Waals surface area contributed by atoms with E-state index in [4.69, 9.17) is 26.5 Å². The number of para-hydroxylation sites is 1. The van der Waals surface area contributed by atoms with Crippen molar-refractivity contribution < 1.29 is 35.5 Å². The quantitative estimate of drug-likeness (QED) is 0.144. The molecule has 1 unspecified atom stereocenters. The zero-order valence-corrected chi connectivity index (χ0v) is 21.9. The fourth-order valence-corrected chi connectivity index (χ4v) is 6.93. The summed E-state index contributed by atoms with van der Waals surface area (Å²) < 4.78 is 79.9. The highest BCUT2D eigenvalue weighted by Crippen LogP contribution is 2.41. The minimum absolute atomic E-state index is 0.190. The normalized spacial score (nSPS) is 12.7. The number of nitrogens with zero attached hydrogens (tertiary/aromatic N) is 4. The molecule has 1 atom stereocenters. The largest absolute Gasteiger partial charge is 0.554 e. The van der Waals surface area contributed by atoms with Gasteiger partial charge in [-0.3, -0.25) is 0 Å². The number of primary sulfonamides is 1. The maximum Gasteiger partial charge on any atom is 0.253 e. The van der Waals surface area contributed by atoms with E-state index in [0.29, 0.717) is 15.8 Å². The molecule has 39 heavy (non-hydrogen) atoms. The summed E-state index contributed by atoms with van der Waals surface area (Å²) in [5.74, 6) is -0.258. The average Bonchev–Trinajstić information content (AvgIpc) is 3.51. The zero-order valence-electron chi connectivity index (χ0n) is 19.5. The molecule has 0 aliphatic rings. The van der Waals surface area contributed by atoms with Crippen LogP contribution < -0.4 is 26.4 Å². The fourth-order valence-electron chi connectivity index (χ4n) is 3.52. The van der Waals surface area contributed by atoms with Gasteiger partial charge in [0.25, 0.3) is 6.43 Å². The van der Waals surface area contributed by atoms with Gasteiger partial charge in [-0.25, -0.2) is 40.5 Å². The minimum Gasteiger partial charge on any atom is -0.554 e. The Balaban J connectivity index is 0.00000134. The number of nitrogens with two attached hydrogens (primary N) is 3. The molecule has 0 fully saturated rings. The Morgan fingerprint density at radius 3 is 2.44 bits per heavy atom. The van der Waals surface area contributed by atoms with Crippen LogP contribution in [0, 0.1) is 0 Å². The number of carboxylic acid groups (broad SMARTS) is 1. The highest BCUT2D eigenvalue weighted by atomic mass is 32.2. The van der Waals surface area contributed by atoms with E-state index < -0.39 is 61.7 Å². The first-order valence-electron chi connectivity index (χ1n) is 10.5. The van der Waals surface area contributed by atoms with Gasteiger partial charge in [0, 0.05) is 18.6 Å². The Morgan fingerprint density at radius 1 is 1.15 bits per heavy atom. The average molecular weight is 605 g/mol. The van der Waals surface area contributed by atoms with Gasteiger partial charge in [0.1, 0.15) is 9.79 Å². The molecule has 20 heteroatoms. The number of hydrogen-bond donors (Lipinski definition) is 5. The molecule has 4 aromatic rings. The number of H-pyrrole nitrogens is 1. The second-order valence-corrected chi connectivity index (χ2v) is 11.9. The lowest BCUT2D eigenvalue weighted by molar-refractivity contribution is -0.283. The van der Waals surface area contributed by atoms with E-state index in [9.17, 15) is 25.6 Å². The molecule has 0 aliphatic heterocycles. The number of carbonyl (C=O) groups is 1. The maximum atomic E-state index is 13.1. The second-order valence-electron chi connectivity index (χ2n) is 7.58. The number of rotatable bonds is 9. The van der Waals surface area contributed by atoms with Crippen LogP contribution in [0.15, 0.2) is 40.1 Å². The Labute approximate surface area is 223 Å². The lowest BCUT2D eigenvalue weighted by Gasteiger charge is -2.17. The van der Waals surface area contributed by atoms with Crippen molar-refractivity contribution >= 4 is 53.2 Å². The molecule has 0 saturated carbocycles. The number of hydrogen-bond acceptors (Lipinski definition) is 13. The Hall–Kier alpha value is -3.69. The van der Waals surface area contributed by atoms with Crippen LogP contribution in [0.5, 0.6) is 0 Å². The monoisotopic (exact) mass is 604 g/mol. The van der Waals surface area contributed by atoms with Crippen molar-refractivity contribution in [2.45, 2.75) is 28.7 Å². The molecule has 0 spiro atoms. The number of nitrogens with one attached hydrogen (secondary N) is 2. The van der Waals surface area contributed by atoms with Crippen LogP contribution >= 0.6 is 11.3 Å². The third-order valence-electron chi connectivity index (χ3n) is 5.08.